The van der Waals surface area contributed by atoms with Crippen LogP contribution in [0.2, 0.25) is 0 Å². The van der Waals surface area contributed by atoms with E-state index >= 15 is 0 Å². The molecule has 0 saturated carbocycles. The van der Waals surface area contributed by atoms with Crippen LogP contribution in [0.15, 0.2) is 64.8 Å². The van der Waals surface area contributed by atoms with E-state index in [4.69, 9.17) is 47.5 Å². The van der Waals surface area contributed by atoms with Crippen LogP contribution < -0.4 is 6.15 Å². The Morgan fingerprint density at radius 3 is 0.293 bits per heavy atom. The smallest absolute Gasteiger partial charge is 0 e. The molecule has 0 aromatic carbocycles. The average molecular weight is 2250 g/mol. The normalized spacial score (nSPS) is 3.75. The molecule has 150 heavy (non-hydrogen) atoms. The molecule has 0 spiro atoms. The molecule has 0 bridgehead atoms. The van der Waals surface area contributed by atoms with Crippen molar-refractivity contribution >= 4 is 17.0 Å². The molecule has 6 nitrogen and oxygen atoms in total. The van der Waals surface area contributed by atoms with Gasteiger partial charge in [-0.3, -0.25) is 0 Å². The predicted molar refractivity (Wildman–Crippen MR) is 745 cm³/mol. The first-order valence-electron chi connectivity index (χ1n) is 54.4. The second-order valence-electron chi connectivity index (χ2n) is 13.6. The number of terminal acetylenes is 5. The minimum Gasteiger partial charge on any atom is -0.344 e. The summed E-state index contributed by atoms with van der Waals surface area (Å²) in [6.45, 7) is 188. The third-order valence-corrected chi connectivity index (χ3v) is 2.66. The van der Waals surface area contributed by atoms with Gasteiger partial charge in [0.25, 0.3) is 0 Å². The van der Waals surface area contributed by atoms with E-state index in [-0.39, 0.29) is 50.0 Å². The van der Waals surface area contributed by atoms with Gasteiger partial charge in [0.15, 0.2) is 0 Å². The van der Waals surface area contributed by atoms with Gasteiger partial charge >= 0.3 is 0 Å². The SMILES string of the molecule is Br.C.C#C.C#CC#CC#CC#CC#CC.C#CC#CC#CC#CC#CC#CC.C#CC#CC#CC#CC#CC#CC#C.C=C.C=C.C=C.C=C.C=C(C)C.CC.CC.CC.CC.CC.CC.CC.CC.CC.CC.CC.CC.CC.CC.CC.CC.CC.CC.CC.CC.CC.CC.CC.CC.CC.CC.CC.CC.CC.CC.CC.CC.CC#CC#CC#CC#CC#CC.CC(C)(C)C.CC(C)C.CC(C)C.N.N#N.[N-]=[N+]=N.[Ru]. The van der Waals surface area contributed by atoms with E-state index < -0.39 is 0 Å². The molecule has 4 N–H and O–H groups in total. The fourth-order valence-corrected chi connectivity index (χ4v) is 1.21. The van der Waals surface area contributed by atoms with E-state index in [9.17, 15) is 0 Å². The zero-order chi connectivity index (χ0) is 132. The average Bonchev–Trinajstić information content (AvgIpc) is 1.09. The van der Waals surface area contributed by atoms with Crippen molar-refractivity contribution in [3.63, 3.8) is 0 Å². The molecule has 0 heterocycles. The van der Waals surface area contributed by atoms with E-state index in [1.54, 1.807) is 32.6 Å². The molecule has 0 radical (unpaired) electrons. The van der Waals surface area contributed by atoms with Crippen LogP contribution in [-0.2, 0) is 19.5 Å². The van der Waals surface area contributed by atoms with Crippen molar-refractivity contribution in [3.8, 4) is 287 Å². The molecule has 0 aliphatic carbocycles. The van der Waals surface area contributed by atoms with Gasteiger partial charge in [-0.2, -0.15) is 0 Å². The zero-order valence-corrected chi connectivity index (χ0v) is 120. The summed E-state index contributed by atoms with van der Waals surface area (Å²) < 4.78 is 0. The van der Waals surface area contributed by atoms with Gasteiger partial charge in [0, 0.05) is 30.3 Å². The summed E-state index contributed by atoms with van der Waals surface area (Å²) in [5.41, 5.74) is 13.9. The monoisotopic (exact) mass is 2250 g/mol. The van der Waals surface area contributed by atoms with Crippen LogP contribution in [0, 0.1) is 321 Å². The quantitative estimate of drug-likeness (QED) is 0.0474. The maximum atomic E-state index is 6.86. The Bertz CT molecular complexity index is 3170. The van der Waals surface area contributed by atoms with Gasteiger partial charge in [-0.05, 0) is 294 Å². The first-order chi connectivity index (χ1) is 71.3. The molecule has 0 saturated heterocycles. The van der Waals surface area contributed by atoms with E-state index in [2.05, 4.69) is 390 Å². The summed E-state index contributed by atoms with van der Waals surface area (Å²) in [7, 11) is 0. The first kappa shape index (κ1) is 342. The Labute approximate surface area is 992 Å². The number of hydrogen-bond donors (Lipinski definition) is 2. The summed E-state index contributed by atoms with van der Waals surface area (Å²) >= 11 is 0. The molecule has 0 aliphatic heterocycles. The Balaban J connectivity index is -0.0000000140. The van der Waals surface area contributed by atoms with Crippen LogP contribution in [0.4, 0.5) is 0 Å². The number of halogens is 1. The molecule has 0 aliphatic rings. The van der Waals surface area contributed by atoms with Crippen LogP contribution in [0.1, 0.15) is 561 Å². The molecule has 888 valence electrons. The Hall–Kier alpha value is -12.1. The molecule has 0 amide bonds. The van der Waals surface area contributed by atoms with Gasteiger partial charge in [-0.15, -0.1) is 120 Å². The van der Waals surface area contributed by atoms with Gasteiger partial charge in [-0.1, -0.05) is 549 Å². The van der Waals surface area contributed by atoms with E-state index in [1.165, 1.54) is 5.57 Å². The molecular weight excluding hydrogens is 1970 g/mol. The van der Waals surface area contributed by atoms with Crippen LogP contribution in [0.25, 0.3) is 10.4 Å². The van der Waals surface area contributed by atoms with E-state index in [0.717, 1.165) is 11.8 Å². The third-order valence-electron chi connectivity index (χ3n) is 2.66. The fourth-order valence-electron chi connectivity index (χ4n) is 1.21. The Morgan fingerprint density at radius 1 is 0.227 bits per heavy atom. The Morgan fingerprint density at radius 2 is 0.260 bits per heavy atom. The van der Waals surface area contributed by atoms with Crippen molar-refractivity contribution in [1.29, 1.82) is 16.3 Å². The molecule has 0 atom stereocenters. The number of rotatable bonds is 0. The van der Waals surface area contributed by atoms with Gasteiger partial charge in [0.05, 0.1) is 0 Å². The van der Waals surface area contributed by atoms with Gasteiger partial charge < -0.3 is 6.15 Å². The minimum atomic E-state index is 0. The van der Waals surface area contributed by atoms with Crippen LogP contribution in [0.3, 0.4) is 0 Å². The first-order valence-corrected chi connectivity index (χ1v) is 54.4. The number of nitrogens with zero attached hydrogens (tertiary/aromatic N) is 4. The van der Waals surface area contributed by atoms with Gasteiger partial charge in [0.1, 0.15) is 0 Å². The van der Waals surface area contributed by atoms with Crippen molar-refractivity contribution in [2.45, 2.75) is 561 Å². The third kappa shape index (κ3) is 3680. The van der Waals surface area contributed by atoms with E-state index in [1.807, 2.05) is 457 Å². The second-order valence-corrected chi connectivity index (χ2v) is 13.6. The zero-order valence-electron chi connectivity index (χ0n) is 117. The van der Waals surface area contributed by atoms with Crippen molar-refractivity contribution in [2.24, 2.45) is 17.3 Å². The van der Waals surface area contributed by atoms with Crippen molar-refractivity contribution in [2.75, 3.05) is 0 Å². The van der Waals surface area contributed by atoms with Gasteiger partial charge in [-0.25, -0.2) is 0 Å². The van der Waals surface area contributed by atoms with Crippen molar-refractivity contribution in [3.05, 3.63) is 75.2 Å². The molecule has 0 unspecified atom stereocenters. The fraction of sp³-hybridized carbons (Fsp3) is 0.592. The van der Waals surface area contributed by atoms with Gasteiger partial charge in [0.2, 0.25) is 0 Å². The maximum Gasteiger partial charge on any atom is 0 e. The number of hydrogen-bond acceptors (Lipinski definition) is 4. The molecule has 8 heteroatoms. The van der Waals surface area contributed by atoms with Crippen LogP contribution in [0.5, 0.6) is 0 Å². The summed E-state index contributed by atoms with van der Waals surface area (Å²) in [5.74, 6) is 104. The van der Waals surface area contributed by atoms with Crippen LogP contribution >= 0.6 is 17.0 Å². The van der Waals surface area contributed by atoms with Crippen molar-refractivity contribution in [1.82, 2.24) is 6.15 Å². The molecule has 0 fully saturated rings. The predicted octanol–water partition coefficient (Wildman–Crippen LogP) is 48.2. The van der Waals surface area contributed by atoms with Crippen molar-refractivity contribution < 1.29 is 19.5 Å². The molecule has 0 rings (SSSR count). The van der Waals surface area contributed by atoms with E-state index in [0.29, 0.717) is 5.41 Å². The summed E-state index contributed by atoms with van der Waals surface area (Å²) in [5, 5.41) is 12.0. The minimum absolute atomic E-state index is 0. The largest absolute Gasteiger partial charge is 0.344 e. The second kappa shape index (κ2) is 1200. The summed E-state index contributed by atoms with van der Waals surface area (Å²) in [6, 6.07) is 0. The molecular formula is C142H275BrN6Ru. The topological polar surface area (TPSA) is 143 Å². The standard InChI is InChI=1S/C14H2.C13H4.C12H6.C11H4.C5H12.2C4H10.C4H8.32C2H6.4C2H4.C2H2.CH4.BrH.HN3.N2.H3N.Ru/c1-3-5-7-9-11-13-14-12-10-8-6-4-2;1-3-5-7-9-11-13-12-10-8-6-4-2;1-3-5-7-9-11-12-10-8-6-4-2;1-3-5-7-9-11-10-8-6-4-2;1-5(2,3)4;3*1-4(2)3;37*1-2;;;1-3-2;1-2;;/h1-2H;1H,2H3;1-2H3;1H,2H3;1-4H3;2*4H,1-3H3;1H2,2-3H3;32*1-2H3;4*1-2H2;1-2H;1H4;1H;1H;;1H3;. The maximum absolute atomic E-state index is 6.86. The van der Waals surface area contributed by atoms with Crippen LogP contribution in [-0.4, -0.2) is 0 Å². The Kier molecular flexibility index (Phi) is 2740. The molecule has 0 aromatic heterocycles. The molecule has 0 aromatic rings. The number of nitrogens with one attached hydrogen (secondary N) is 1. The number of allylic oxidation sites excluding steroid dienone is 1. The summed E-state index contributed by atoms with van der Waals surface area (Å²) in [4.78, 5) is 1.75. The summed E-state index contributed by atoms with van der Waals surface area (Å²) in [6.07, 6.45) is 27.4.